The molecule has 31 heavy (non-hydrogen) atoms. The number of aromatic nitrogens is 2. The standard InChI is InChI=1S/C20H33N3O7Si/c1-7-29-19(26)17-15(16(12-24)30-21(17)3)11-22-10-14(2)18(25)23(20(22)27)13-28-8-9-31(4,5)6/h10-11,16-17,24H,7-9,12-13H2,1-6H3/b15-11+/t16-,17-/m1/s1. The van der Waals surface area contributed by atoms with Crippen molar-refractivity contribution < 1.29 is 24.2 Å². The van der Waals surface area contributed by atoms with Crippen molar-refractivity contribution in [3.8, 4) is 0 Å². The molecule has 1 N–H and O–H groups in total. The summed E-state index contributed by atoms with van der Waals surface area (Å²) in [4.78, 5) is 43.4. The van der Waals surface area contributed by atoms with E-state index in [1.54, 1.807) is 20.9 Å². The largest absolute Gasteiger partial charge is 0.465 e. The summed E-state index contributed by atoms with van der Waals surface area (Å²) >= 11 is 0. The van der Waals surface area contributed by atoms with E-state index in [1.807, 2.05) is 0 Å². The fraction of sp³-hybridized carbons (Fsp3) is 0.650. The van der Waals surface area contributed by atoms with Gasteiger partial charge in [0.25, 0.3) is 5.56 Å². The van der Waals surface area contributed by atoms with Crippen molar-refractivity contribution in [3.05, 3.63) is 38.2 Å². The van der Waals surface area contributed by atoms with Crippen LogP contribution in [0.25, 0.3) is 6.20 Å². The summed E-state index contributed by atoms with van der Waals surface area (Å²) in [6.45, 7) is 10.0. The second-order valence-corrected chi connectivity index (χ2v) is 14.3. The molecule has 10 nitrogen and oxygen atoms in total. The molecule has 1 aromatic rings. The Kier molecular flexibility index (Phi) is 8.54. The van der Waals surface area contributed by atoms with E-state index in [4.69, 9.17) is 14.3 Å². The Labute approximate surface area is 182 Å². The van der Waals surface area contributed by atoms with Crippen molar-refractivity contribution in [2.75, 3.05) is 26.9 Å². The van der Waals surface area contributed by atoms with Crippen molar-refractivity contribution in [1.29, 1.82) is 0 Å². The minimum absolute atomic E-state index is 0.159. The number of aryl methyl sites for hydroxylation is 1. The van der Waals surface area contributed by atoms with Crippen LogP contribution in [0.15, 0.2) is 21.4 Å². The monoisotopic (exact) mass is 455 g/mol. The average Bonchev–Trinajstić information content (AvgIpc) is 3.00. The molecule has 2 atom stereocenters. The van der Waals surface area contributed by atoms with Crippen LogP contribution in [0.4, 0.5) is 0 Å². The SMILES string of the molecule is CCOC(=O)[C@H]1/C(=C/n2cc(C)c(=O)n(COCC[Si](C)(C)C)c2=O)[C@@H](CO)ON1C. The molecule has 1 aliphatic rings. The van der Waals surface area contributed by atoms with E-state index < -0.39 is 37.4 Å². The predicted molar refractivity (Wildman–Crippen MR) is 118 cm³/mol. The zero-order chi connectivity index (χ0) is 23.3. The maximum atomic E-state index is 13.0. The molecule has 0 radical (unpaired) electrons. The third-order valence-corrected chi connectivity index (χ3v) is 6.60. The van der Waals surface area contributed by atoms with Gasteiger partial charge in [0.15, 0.2) is 6.04 Å². The van der Waals surface area contributed by atoms with Gasteiger partial charge in [-0.2, -0.15) is 5.06 Å². The van der Waals surface area contributed by atoms with Crippen LogP contribution in [0, 0.1) is 6.92 Å². The van der Waals surface area contributed by atoms with Gasteiger partial charge in [0.05, 0.1) is 13.2 Å². The van der Waals surface area contributed by atoms with Crippen molar-refractivity contribution in [2.24, 2.45) is 0 Å². The first kappa shape index (κ1) is 25.2. The first-order valence-electron chi connectivity index (χ1n) is 10.3. The van der Waals surface area contributed by atoms with Crippen LogP contribution in [0.1, 0.15) is 12.5 Å². The summed E-state index contributed by atoms with van der Waals surface area (Å²) in [5.41, 5.74) is -0.349. The molecule has 174 valence electrons. The first-order chi connectivity index (χ1) is 14.5. The Hall–Kier alpha value is -2.05. The molecule has 0 saturated carbocycles. The molecule has 1 aromatic heterocycles. The Bertz CT molecular complexity index is 932. The van der Waals surface area contributed by atoms with E-state index in [1.165, 1.54) is 22.0 Å². The third-order valence-electron chi connectivity index (χ3n) is 4.89. The number of hydroxylamine groups is 2. The van der Waals surface area contributed by atoms with E-state index in [0.29, 0.717) is 17.7 Å². The van der Waals surface area contributed by atoms with Gasteiger partial charge < -0.3 is 14.6 Å². The molecule has 2 rings (SSSR count). The van der Waals surface area contributed by atoms with Crippen molar-refractivity contribution in [1.82, 2.24) is 14.2 Å². The van der Waals surface area contributed by atoms with Crippen molar-refractivity contribution >= 4 is 20.2 Å². The van der Waals surface area contributed by atoms with Crippen LogP contribution in [0.3, 0.4) is 0 Å². The van der Waals surface area contributed by atoms with Crippen LogP contribution < -0.4 is 11.2 Å². The highest BCUT2D eigenvalue weighted by molar-refractivity contribution is 6.76. The van der Waals surface area contributed by atoms with Gasteiger partial charge in [-0.05, 0) is 19.9 Å². The van der Waals surface area contributed by atoms with Crippen LogP contribution >= 0.6 is 0 Å². The maximum Gasteiger partial charge on any atom is 0.337 e. The number of carbonyl (C=O) groups excluding carboxylic acids is 1. The van der Waals surface area contributed by atoms with E-state index in [9.17, 15) is 19.5 Å². The van der Waals surface area contributed by atoms with Gasteiger partial charge in [0.1, 0.15) is 12.8 Å². The van der Waals surface area contributed by atoms with E-state index in [2.05, 4.69) is 19.6 Å². The average molecular weight is 456 g/mol. The number of hydrogen-bond acceptors (Lipinski definition) is 8. The second kappa shape index (κ2) is 10.5. The third kappa shape index (κ3) is 6.23. The summed E-state index contributed by atoms with van der Waals surface area (Å²) < 4.78 is 12.9. The van der Waals surface area contributed by atoms with Gasteiger partial charge in [-0.15, -0.1) is 0 Å². The van der Waals surface area contributed by atoms with Gasteiger partial charge in [0.2, 0.25) is 0 Å². The molecule has 0 aliphatic carbocycles. The molecule has 0 unspecified atom stereocenters. The minimum Gasteiger partial charge on any atom is -0.465 e. The quantitative estimate of drug-likeness (QED) is 0.328. The molecule has 1 aliphatic heterocycles. The highest BCUT2D eigenvalue weighted by atomic mass is 28.3. The molecule has 11 heteroatoms. The smallest absolute Gasteiger partial charge is 0.337 e. The van der Waals surface area contributed by atoms with E-state index >= 15 is 0 Å². The number of nitrogens with zero attached hydrogens (tertiary/aromatic N) is 3. The van der Waals surface area contributed by atoms with Crippen LogP contribution in [-0.2, 0) is 25.8 Å². The van der Waals surface area contributed by atoms with Crippen LogP contribution in [0.5, 0.6) is 0 Å². The van der Waals surface area contributed by atoms with Crippen molar-refractivity contribution in [2.45, 2.75) is 58.4 Å². The fourth-order valence-corrected chi connectivity index (χ4v) is 3.92. The molecule has 0 spiro atoms. The summed E-state index contributed by atoms with van der Waals surface area (Å²) in [5, 5.41) is 11.0. The Morgan fingerprint density at radius 1 is 1.32 bits per heavy atom. The molecule has 1 fully saturated rings. The molecule has 0 amide bonds. The summed E-state index contributed by atoms with van der Waals surface area (Å²) in [6, 6.07) is -0.00723. The Morgan fingerprint density at radius 2 is 2.00 bits per heavy atom. The number of aliphatic hydroxyl groups is 1. The van der Waals surface area contributed by atoms with Gasteiger partial charge in [0, 0.05) is 45.3 Å². The Morgan fingerprint density at radius 3 is 2.58 bits per heavy atom. The van der Waals surface area contributed by atoms with Gasteiger partial charge in [-0.3, -0.25) is 14.2 Å². The predicted octanol–water partition coefficient (Wildman–Crippen LogP) is 0.641. The lowest BCUT2D eigenvalue weighted by molar-refractivity contribution is -0.175. The minimum atomic E-state index is -1.30. The molecule has 1 saturated heterocycles. The lowest BCUT2D eigenvalue weighted by Crippen LogP contribution is -2.41. The number of hydrogen-bond donors (Lipinski definition) is 1. The summed E-state index contributed by atoms with van der Waals surface area (Å²) in [5.74, 6) is -0.556. The lowest BCUT2D eigenvalue weighted by Gasteiger charge is -2.17. The number of ether oxygens (including phenoxy) is 2. The number of esters is 1. The second-order valence-electron chi connectivity index (χ2n) is 8.69. The van der Waals surface area contributed by atoms with E-state index in [-0.39, 0.29) is 19.9 Å². The van der Waals surface area contributed by atoms with Crippen LogP contribution in [0.2, 0.25) is 25.7 Å². The molecular formula is C20H33N3O7Si. The van der Waals surface area contributed by atoms with Crippen molar-refractivity contribution in [3.63, 3.8) is 0 Å². The van der Waals surface area contributed by atoms with Crippen LogP contribution in [-0.4, -0.2) is 72.4 Å². The number of aliphatic hydroxyl groups excluding tert-OH is 1. The van der Waals surface area contributed by atoms with Gasteiger partial charge >= 0.3 is 11.7 Å². The first-order valence-corrected chi connectivity index (χ1v) is 14.0. The fourth-order valence-electron chi connectivity index (χ4n) is 3.17. The van der Waals surface area contributed by atoms with E-state index in [0.717, 1.165) is 10.6 Å². The highest BCUT2D eigenvalue weighted by Gasteiger charge is 2.42. The lowest BCUT2D eigenvalue weighted by atomic mass is 10.0. The Balaban J connectivity index is 2.41. The highest BCUT2D eigenvalue weighted by Crippen LogP contribution is 2.27. The summed E-state index contributed by atoms with van der Waals surface area (Å²) in [6.07, 6.45) is 1.99. The molecular weight excluding hydrogens is 422 g/mol. The number of likely N-dealkylation sites (N-methyl/N-ethyl adjacent to an activating group) is 1. The van der Waals surface area contributed by atoms with Gasteiger partial charge in [-0.1, -0.05) is 19.6 Å². The zero-order valence-electron chi connectivity index (χ0n) is 19.1. The maximum absolute atomic E-state index is 13.0. The van der Waals surface area contributed by atoms with Gasteiger partial charge in [-0.25, -0.2) is 14.2 Å². The summed E-state index contributed by atoms with van der Waals surface area (Å²) in [7, 11) is 0.244. The molecule has 2 heterocycles. The normalized spacial score (nSPS) is 21.1. The number of carbonyl (C=O) groups is 1. The topological polar surface area (TPSA) is 112 Å². The zero-order valence-corrected chi connectivity index (χ0v) is 20.1. The number of rotatable bonds is 9. The molecule has 0 bridgehead atoms. The molecule has 0 aromatic carbocycles.